The van der Waals surface area contributed by atoms with Crippen LogP contribution in [0.4, 0.5) is 5.82 Å². The monoisotopic (exact) mass is 369 g/mol. The number of rotatable bonds is 5. The molecule has 2 atom stereocenters. The number of aromatic nitrogens is 4. The summed E-state index contributed by atoms with van der Waals surface area (Å²) in [6, 6.07) is 1.85. The number of pyridine rings is 1. The number of nitrogens with one attached hydrogen (secondary N) is 1. The smallest absolute Gasteiger partial charge is 0.137 e. The maximum Gasteiger partial charge on any atom is 0.137 e. The molecule has 21 heavy (non-hydrogen) atoms. The van der Waals surface area contributed by atoms with Gasteiger partial charge >= 0.3 is 0 Å². The lowest BCUT2D eigenvalue weighted by Crippen LogP contribution is -2.14. The SMILES string of the molecule is Clc1cc(NCC2CCC(Cn3cncn3)C2)ncc1Br. The zero-order chi connectivity index (χ0) is 14.7. The van der Waals surface area contributed by atoms with Gasteiger partial charge in [0, 0.05) is 25.4 Å². The first-order chi connectivity index (χ1) is 10.2. The standard InChI is InChI=1S/C14H17BrClN5/c15-12-6-19-14(4-13(12)16)18-5-10-1-2-11(3-10)7-21-9-17-8-20-21/h4,6,8-11H,1-3,5,7H2,(H,18,19). The molecular weight excluding hydrogens is 354 g/mol. The van der Waals surface area contributed by atoms with Gasteiger partial charge in [0.1, 0.15) is 18.5 Å². The molecule has 0 saturated heterocycles. The van der Waals surface area contributed by atoms with Crippen LogP contribution in [0.15, 0.2) is 29.4 Å². The molecular formula is C14H17BrClN5. The van der Waals surface area contributed by atoms with Crippen molar-refractivity contribution in [2.24, 2.45) is 11.8 Å². The predicted molar refractivity (Wildman–Crippen MR) is 86.3 cm³/mol. The summed E-state index contributed by atoms with van der Waals surface area (Å²) in [7, 11) is 0. The van der Waals surface area contributed by atoms with E-state index in [0.29, 0.717) is 16.9 Å². The van der Waals surface area contributed by atoms with E-state index < -0.39 is 0 Å². The molecule has 0 aliphatic heterocycles. The summed E-state index contributed by atoms with van der Waals surface area (Å²) in [5.41, 5.74) is 0. The number of hydrogen-bond acceptors (Lipinski definition) is 4. The third kappa shape index (κ3) is 3.95. The van der Waals surface area contributed by atoms with Crippen LogP contribution in [0.5, 0.6) is 0 Å². The second-order valence-electron chi connectivity index (χ2n) is 5.53. The minimum atomic E-state index is 0.683. The number of anilines is 1. The average molecular weight is 371 g/mol. The zero-order valence-corrected chi connectivity index (χ0v) is 13.9. The largest absolute Gasteiger partial charge is 0.370 e. The normalized spacial score (nSPS) is 21.6. The van der Waals surface area contributed by atoms with E-state index in [1.807, 2.05) is 10.7 Å². The molecule has 2 aromatic rings. The topological polar surface area (TPSA) is 55.6 Å². The van der Waals surface area contributed by atoms with Gasteiger partial charge in [-0.25, -0.2) is 9.97 Å². The molecule has 3 rings (SSSR count). The van der Waals surface area contributed by atoms with Gasteiger partial charge in [-0.05, 0) is 47.0 Å². The zero-order valence-electron chi connectivity index (χ0n) is 11.5. The first-order valence-corrected chi connectivity index (χ1v) is 8.25. The van der Waals surface area contributed by atoms with Crippen molar-refractivity contribution in [1.82, 2.24) is 19.7 Å². The Morgan fingerprint density at radius 1 is 1.38 bits per heavy atom. The maximum atomic E-state index is 6.07. The van der Waals surface area contributed by atoms with Crippen molar-refractivity contribution in [2.45, 2.75) is 25.8 Å². The van der Waals surface area contributed by atoms with E-state index in [1.165, 1.54) is 19.3 Å². The van der Waals surface area contributed by atoms with Crippen LogP contribution in [0.3, 0.4) is 0 Å². The first kappa shape index (κ1) is 14.8. The van der Waals surface area contributed by atoms with E-state index >= 15 is 0 Å². The lowest BCUT2D eigenvalue weighted by atomic mass is 10.1. The van der Waals surface area contributed by atoms with E-state index in [2.05, 4.69) is 36.3 Å². The summed E-state index contributed by atoms with van der Waals surface area (Å²) in [4.78, 5) is 8.30. The predicted octanol–water partition coefficient (Wildman–Crippen LogP) is 3.62. The van der Waals surface area contributed by atoms with Crippen LogP contribution >= 0.6 is 27.5 Å². The Hall–Kier alpha value is -1.14. The van der Waals surface area contributed by atoms with Crippen LogP contribution in [0.1, 0.15) is 19.3 Å². The molecule has 2 heterocycles. The van der Waals surface area contributed by atoms with Gasteiger partial charge in [0.15, 0.2) is 0 Å². The molecule has 1 aliphatic carbocycles. The molecule has 0 spiro atoms. The van der Waals surface area contributed by atoms with Crippen molar-refractivity contribution in [1.29, 1.82) is 0 Å². The second-order valence-corrected chi connectivity index (χ2v) is 6.79. The van der Waals surface area contributed by atoms with Crippen LogP contribution in [-0.2, 0) is 6.54 Å². The van der Waals surface area contributed by atoms with E-state index in [-0.39, 0.29) is 0 Å². The number of halogens is 2. The summed E-state index contributed by atoms with van der Waals surface area (Å²) in [6.45, 7) is 1.91. The molecule has 1 N–H and O–H groups in total. The molecule has 112 valence electrons. The van der Waals surface area contributed by atoms with Crippen LogP contribution in [0.2, 0.25) is 5.02 Å². The number of hydrogen-bond donors (Lipinski definition) is 1. The fourth-order valence-corrected chi connectivity index (χ4v) is 3.25. The maximum absolute atomic E-state index is 6.07. The Labute approximate surface area is 137 Å². The molecule has 1 aliphatic rings. The Balaban J connectivity index is 1.47. The summed E-state index contributed by atoms with van der Waals surface area (Å²) in [6.07, 6.45) is 8.83. The average Bonchev–Trinajstić information content (AvgIpc) is 3.13. The third-order valence-electron chi connectivity index (χ3n) is 3.94. The summed E-state index contributed by atoms with van der Waals surface area (Å²) < 4.78 is 2.75. The van der Waals surface area contributed by atoms with Crippen molar-refractivity contribution in [3.8, 4) is 0 Å². The summed E-state index contributed by atoms with van der Waals surface area (Å²) in [5, 5.41) is 8.24. The highest BCUT2D eigenvalue weighted by molar-refractivity contribution is 9.10. The molecule has 2 aromatic heterocycles. The van der Waals surface area contributed by atoms with E-state index in [0.717, 1.165) is 23.4 Å². The van der Waals surface area contributed by atoms with Gasteiger partial charge in [-0.2, -0.15) is 5.10 Å². The lowest BCUT2D eigenvalue weighted by molar-refractivity contribution is 0.413. The van der Waals surface area contributed by atoms with Gasteiger partial charge in [0.25, 0.3) is 0 Å². The lowest BCUT2D eigenvalue weighted by Gasteiger charge is -2.13. The van der Waals surface area contributed by atoms with Gasteiger partial charge in [-0.3, -0.25) is 4.68 Å². The molecule has 5 nitrogen and oxygen atoms in total. The van der Waals surface area contributed by atoms with Gasteiger partial charge in [-0.15, -0.1) is 0 Å². The van der Waals surface area contributed by atoms with Crippen molar-refractivity contribution in [3.05, 3.63) is 34.4 Å². The molecule has 0 radical (unpaired) electrons. The second kappa shape index (κ2) is 6.75. The quantitative estimate of drug-likeness (QED) is 0.873. The van der Waals surface area contributed by atoms with Crippen molar-refractivity contribution in [3.63, 3.8) is 0 Å². The first-order valence-electron chi connectivity index (χ1n) is 7.08. The Morgan fingerprint density at radius 2 is 2.24 bits per heavy atom. The van der Waals surface area contributed by atoms with Gasteiger partial charge in [0.05, 0.1) is 9.50 Å². The summed E-state index contributed by atoms with van der Waals surface area (Å²) >= 11 is 9.42. The van der Waals surface area contributed by atoms with Crippen molar-refractivity contribution in [2.75, 3.05) is 11.9 Å². The van der Waals surface area contributed by atoms with Crippen molar-refractivity contribution < 1.29 is 0 Å². The molecule has 0 amide bonds. The summed E-state index contributed by atoms with van der Waals surface area (Å²) in [5.74, 6) is 2.21. The molecule has 0 bridgehead atoms. The van der Waals surface area contributed by atoms with Crippen molar-refractivity contribution >= 4 is 33.3 Å². The fourth-order valence-electron chi connectivity index (χ4n) is 2.88. The molecule has 0 aromatic carbocycles. The van der Waals surface area contributed by atoms with E-state index in [9.17, 15) is 0 Å². The highest BCUT2D eigenvalue weighted by Gasteiger charge is 2.25. The van der Waals surface area contributed by atoms with Crippen LogP contribution < -0.4 is 5.32 Å². The minimum absolute atomic E-state index is 0.683. The molecule has 1 fully saturated rings. The van der Waals surface area contributed by atoms with Gasteiger partial charge < -0.3 is 5.32 Å². The highest BCUT2D eigenvalue weighted by atomic mass is 79.9. The third-order valence-corrected chi connectivity index (χ3v) is 5.12. The van der Waals surface area contributed by atoms with E-state index in [4.69, 9.17) is 11.6 Å². The van der Waals surface area contributed by atoms with E-state index in [1.54, 1.807) is 18.9 Å². The van der Waals surface area contributed by atoms with Crippen LogP contribution in [-0.4, -0.2) is 26.3 Å². The fraction of sp³-hybridized carbons (Fsp3) is 0.500. The highest BCUT2D eigenvalue weighted by Crippen LogP contribution is 2.32. The van der Waals surface area contributed by atoms with Gasteiger partial charge in [-0.1, -0.05) is 11.6 Å². The number of nitrogens with zero attached hydrogens (tertiary/aromatic N) is 4. The Morgan fingerprint density at radius 3 is 3.00 bits per heavy atom. The molecule has 2 unspecified atom stereocenters. The van der Waals surface area contributed by atoms with Gasteiger partial charge in [0.2, 0.25) is 0 Å². The minimum Gasteiger partial charge on any atom is -0.370 e. The Bertz CT molecular complexity index is 589. The molecule has 7 heteroatoms. The van der Waals surface area contributed by atoms with Crippen LogP contribution in [0, 0.1) is 11.8 Å². The molecule has 1 saturated carbocycles. The van der Waals surface area contributed by atoms with Crippen LogP contribution in [0.25, 0.3) is 0 Å². The Kier molecular flexibility index (Phi) is 4.75.